The predicted molar refractivity (Wildman–Crippen MR) is 138 cm³/mol. The number of thiazole rings is 1. The quantitative estimate of drug-likeness (QED) is 0.312. The number of hydrogen-bond donors (Lipinski definition) is 0. The molecule has 8 heteroatoms. The smallest absolute Gasteiger partial charge is 0.338 e. The van der Waals surface area contributed by atoms with Gasteiger partial charge in [-0.25, -0.2) is 14.2 Å². The minimum atomic E-state index is -0.786. The number of hydrogen-bond acceptors (Lipinski definition) is 5. The maximum absolute atomic E-state index is 13.8. The summed E-state index contributed by atoms with van der Waals surface area (Å²) in [6, 6.07) is 12.8. The van der Waals surface area contributed by atoms with Crippen LogP contribution in [-0.4, -0.2) is 21.7 Å². The summed E-state index contributed by atoms with van der Waals surface area (Å²) < 4.78 is 22.9. The largest absolute Gasteiger partial charge is 0.463 e. The van der Waals surface area contributed by atoms with Crippen molar-refractivity contribution >= 4 is 34.3 Å². The lowest BCUT2D eigenvalue weighted by Gasteiger charge is -2.24. The number of rotatable bonds is 5. The Morgan fingerprint density at radius 3 is 2.72 bits per heavy atom. The Kier molecular flexibility index (Phi) is 6.17. The van der Waals surface area contributed by atoms with Gasteiger partial charge in [-0.1, -0.05) is 47.6 Å². The number of nitrogens with zero attached hydrogens (tertiary/aromatic N) is 3. The Bertz CT molecular complexity index is 1750. The number of fused-ring (bicyclic) bond motifs is 2. The highest BCUT2D eigenvalue weighted by Crippen LogP contribution is 2.31. The molecule has 2 aromatic heterocycles. The van der Waals surface area contributed by atoms with E-state index < -0.39 is 17.8 Å². The van der Waals surface area contributed by atoms with Gasteiger partial charge in [0.2, 0.25) is 0 Å². The average Bonchev–Trinajstić information content (AvgIpc) is 3.36. The summed E-state index contributed by atoms with van der Waals surface area (Å²) in [5, 5.41) is 0.970. The Balaban J connectivity index is 1.74. The molecule has 0 N–H and O–H groups in total. The first-order valence-electron chi connectivity index (χ1n) is 11.4. The number of carbonyl (C=O) groups excluding carboxylic acids is 1. The van der Waals surface area contributed by atoms with Gasteiger partial charge in [0.15, 0.2) is 4.80 Å². The molecule has 2 aromatic carbocycles. The second kappa shape index (κ2) is 9.44. The summed E-state index contributed by atoms with van der Waals surface area (Å²) in [7, 11) is 0. The third kappa shape index (κ3) is 3.97. The van der Waals surface area contributed by atoms with Gasteiger partial charge in [-0.2, -0.15) is 0 Å². The van der Waals surface area contributed by atoms with Crippen LogP contribution in [0.1, 0.15) is 31.0 Å². The van der Waals surface area contributed by atoms with Gasteiger partial charge in [0, 0.05) is 22.7 Å². The fourth-order valence-electron chi connectivity index (χ4n) is 4.51. The van der Waals surface area contributed by atoms with Crippen LogP contribution in [0.25, 0.3) is 17.0 Å². The first-order valence-corrected chi connectivity index (χ1v) is 12.2. The fourth-order valence-corrected chi connectivity index (χ4v) is 5.55. The summed E-state index contributed by atoms with van der Waals surface area (Å²) in [6.07, 6.45) is 9.29. The van der Waals surface area contributed by atoms with Crippen molar-refractivity contribution in [3.05, 3.63) is 103 Å². The molecule has 3 heterocycles. The van der Waals surface area contributed by atoms with E-state index in [2.05, 4.69) is 10.9 Å². The molecular formula is C28H22FN3O3S. The number of terminal acetylenes is 1. The highest BCUT2D eigenvalue weighted by molar-refractivity contribution is 7.07. The minimum Gasteiger partial charge on any atom is -0.463 e. The first kappa shape index (κ1) is 23.5. The van der Waals surface area contributed by atoms with E-state index in [-0.39, 0.29) is 17.7 Å². The number of para-hydroxylation sites is 1. The topological polar surface area (TPSA) is 65.6 Å². The molecule has 0 amide bonds. The Morgan fingerprint density at radius 1 is 1.25 bits per heavy atom. The lowest BCUT2D eigenvalue weighted by atomic mass is 9.96. The zero-order valence-electron chi connectivity index (χ0n) is 19.7. The molecule has 0 radical (unpaired) electrons. The van der Waals surface area contributed by atoms with Crippen molar-refractivity contribution in [1.82, 2.24) is 9.13 Å². The van der Waals surface area contributed by atoms with Gasteiger partial charge < -0.3 is 9.30 Å². The van der Waals surface area contributed by atoms with Crippen LogP contribution in [0, 0.1) is 18.2 Å². The van der Waals surface area contributed by atoms with Crippen molar-refractivity contribution in [2.45, 2.75) is 26.4 Å². The van der Waals surface area contributed by atoms with Crippen LogP contribution in [-0.2, 0) is 16.1 Å². The molecule has 0 saturated heterocycles. The van der Waals surface area contributed by atoms with E-state index in [0.717, 1.165) is 16.5 Å². The van der Waals surface area contributed by atoms with E-state index in [4.69, 9.17) is 11.2 Å². The highest BCUT2D eigenvalue weighted by Gasteiger charge is 2.33. The predicted octanol–water partition coefficient (Wildman–Crippen LogP) is 3.53. The Morgan fingerprint density at radius 2 is 2.00 bits per heavy atom. The molecule has 1 aliphatic heterocycles. The summed E-state index contributed by atoms with van der Waals surface area (Å²) >= 11 is 1.24. The van der Waals surface area contributed by atoms with Crippen LogP contribution in [0.4, 0.5) is 4.39 Å². The van der Waals surface area contributed by atoms with Gasteiger partial charge >= 0.3 is 5.97 Å². The molecule has 180 valence electrons. The van der Waals surface area contributed by atoms with E-state index >= 15 is 0 Å². The molecule has 4 aromatic rings. The summed E-state index contributed by atoms with van der Waals surface area (Å²) in [5.74, 6) is 1.69. The van der Waals surface area contributed by atoms with E-state index in [0.29, 0.717) is 27.1 Å². The molecule has 0 bridgehead atoms. The second-order valence-electron chi connectivity index (χ2n) is 8.29. The van der Waals surface area contributed by atoms with Gasteiger partial charge in [0.25, 0.3) is 5.56 Å². The van der Waals surface area contributed by atoms with Crippen LogP contribution >= 0.6 is 11.3 Å². The molecule has 1 atom stereocenters. The standard InChI is InChI=1S/C28H22FN3O3S/c1-4-14-31-16-19(21-8-6-7-9-22(21)31)15-23-26(33)32-25(18-10-12-20(29)13-11-18)24(27(34)35-5-2)17(3)30-28(32)36-23/h1,6-13,15-16,25H,5,14H2,2-3H3/b23-15-/t25-/m1/s1. The van der Waals surface area contributed by atoms with Crippen LogP contribution < -0.4 is 14.9 Å². The number of aromatic nitrogens is 2. The molecule has 0 fully saturated rings. The van der Waals surface area contributed by atoms with E-state index in [1.165, 1.54) is 28.0 Å². The summed E-state index contributed by atoms with van der Waals surface area (Å²) in [5.41, 5.74) is 2.84. The van der Waals surface area contributed by atoms with Crippen LogP contribution in [0.2, 0.25) is 0 Å². The highest BCUT2D eigenvalue weighted by atomic mass is 32.1. The molecule has 5 rings (SSSR count). The zero-order chi connectivity index (χ0) is 25.4. The average molecular weight is 500 g/mol. The maximum atomic E-state index is 13.8. The molecule has 0 unspecified atom stereocenters. The number of esters is 1. The number of carbonyl (C=O) groups is 1. The summed E-state index contributed by atoms with van der Waals surface area (Å²) in [6.45, 7) is 4.01. The van der Waals surface area contributed by atoms with Crippen LogP contribution in [0.15, 0.2) is 75.8 Å². The van der Waals surface area contributed by atoms with Crippen molar-refractivity contribution in [1.29, 1.82) is 0 Å². The zero-order valence-corrected chi connectivity index (χ0v) is 20.5. The van der Waals surface area contributed by atoms with Crippen LogP contribution in [0.5, 0.6) is 0 Å². The third-order valence-corrected chi connectivity index (χ3v) is 7.05. The SMILES string of the molecule is C#CCn1cc(/C=c2\sc3n(c2=O)[C@H](c2ccc(F)cc2)C(C(=O)OCC)=C(C)N=3)c2ccccc21. The number of benzene rings is 2. The monoisotopic (exact) mass is 499 g/mol. The molecule has 6 nitrogen and oxygen atoms in total. The number of halogens is 1. The van der Waals surface area contributed by atoms with Crippen molar-refractivity contribution in [3.8, 4) is 12.3 Å². The Hall–Kier alpha value is -4.22. The third-order valence-electron chi connectivity index (χ3n) is 6.07. The van der Waals surface area contributed by atoms with Gasteiger partial charge in [-0.15, -0.1) is 6.42 Å². The molecule has 0 saturated carbocycles. The fraction of sp³-hybridized carbons (Fsp3) is 0.179. The van der Waals surface area contributed by atoms with Crippen molar-refractivity contribution in [2.75, 3.05) is 6.61 Å². The lowest BCUT2D eigenvalue weighted by Crippen LogP contribution is -2.39. The van der Waals surface area contributed by atoms with Crippen molar-refractivity contribution < 1.29 is 13.9 Å². The molecule has 1 aliphatic rings. The van der Waals surface area contributed by atoms with Crippen molar-refractivity contribution in [2.24, 2.45) is 4.99 Å². The maximum Gasteiger partial charge on any atom is 0.338 e. The molecular weight excluding hydrogens is 477 g/mol. The van der Waals surface area contributed by atoms with Gasteiger partial charge in [0.1, 0.15) is 5.82 Å². The second-order valence-corrected chi connectivity index (χ2v) is 9.30. The first-order chi connectivity index (χ1) is 17.4. The van der Waals surface area contributed by atoms with Gasteiger partial charge in [-0.3, -0.25) is 9.36 Å². The lowest BCUT2D eigenvalue weighted by molar-refractivity contribution is -0.139. The normalized spacial score (nSPS) is 15.5. The summed E-state index contributed by atoms with van der Waals surface area (Å²) in [4.78, 5) is 31.7. The van der Waals surface area contributed by atoms with Gasteiger partial charge in [0.05, 0.1) is 35.0 Å². The van der Waals surface area contributed by atoms with E-state index in [1.54, 1.807) is 26.0 Å². The number of ether oxygens (including phenoxy) is 1. The molecule has 0 spiro atoms. The molecule has 36 heavy (non-hydrogen) atoms. The van der Waals surface area contributed by atoms with Gasteiger partial charge in [-0.05, 0) is 43.7 Å². The van der Waals surface area contributed by atoms with Crippen molar-refractivity contribution in [3.63, 3.8) is 0 Å². The Labute approximate surface area is 210 Å². The molecule has 0 aliphatic carbocycles. The number of allylic oxidation sites excluding steroid dienone is 1. The van der Waals surface area contributed by atoms with E-state index in [9.17, 15) is 14.0 Å². The van der Waals surface area contributed by atoms with E-state index in [1.807, 2.05) is 41.1 Å². The minimum absolute atomic E-state index is 0.178. The van der Waals surface area contributed by atoms with Crippen LogP contribution in [0.3, 0.4) is 0 Å².